The third-order valence-corrected chi connectivity index (χ3v) is 2.96. The first kappa shape index (κ1) is 9.29. The van der Waals surface area contributed by atoms with Crippen molar-refractivity contribution in [3.8, 4) is 12.3 Å². The summed E-state index contributed by atoms with van der Waals surface area (Å²) < 4.78 is 2.06. The molecular weight excluding hydrogens is 174 g/mol. The van der Waals surface area contributed by atoms with Crippen LogP contribution in [0.1, 0.15) is 19.0 Å². The van der Waals surface area contributed by atoms with Gasteiger partial charge in [-0.25, -0.2) is 4.98 Å². The number of nitrogens with zero attached hydrogens (tertiary/aromatic N) is 2. The van der Waals surface area contributed by atoms with Gasteiger partial charge >= 0.3 is 0 Å². The first-order valence-corrected chi connectivity index (χ1v) is 4.91. The molecular formula is C11H15N3. The number of nitrogens with one attached hydrogen (secondary N) is 1. The molecule has 1 atom stereocenters. The number of aromatic nitrogens is 2. The van der Waals surface area contributed by atoms with Crippen LogP contribution in [-0.2, 0) is 12.0 Å². The van der Waals surface area contributed by atoms with Crippen molar-refractivity contribution in [1.29, 1.82) is 0 Å². The van der Waals surface area contributed by atoms with E-state index in [4.69, 9.17) is 6.42 Å². The molecule has 0 amide bonds. The van der Waals surface area contributed by atoms with Crippen LogP contribution >= 0.6 is 0 Å². The Balaban J connectivity index is 2.31. The van der Waals surface area contributed by atoms with E-state index >= 15 is 0 Å². The van der Waals surface area contributed by atoms with Crippen LogP contribution in [0.15, 0.2) is 12.5 Å². The van der Waals surface area contributed by atoms with E-state index in [1.807, 2.05) is 12.5 Å². The molecule has 3 nitrogen and oxygen atoms in total. The van der Waals surface area contributed by atoms with Crippen LogP contribution in [0.2, 0.25) is 0 Å². The maximum atomic E-state index is 5.32. The van der Waals surface area contributed by atoms with E-state index < -0.39 is 0 Å². The molecule has 2 heterocycles. The summed E-state index contributed by atoms with van der Waals surface area (Å²) in [6, 6.07) is 0. The molecule has 1 aliphatic heterocycles. The van der Waals surface area contributed by atoms with Crippen molar-refractivity contribution in [2.75, 3.05) is 13.1 Å². The molecule has 1 aliphatic rings. The zero-order chi connectivity index (χ0) is 10.0. The number of rotatable bonds is 2. The molecule has 3 heteroatoms. The van der Waals surface area contributed by atoms with E-state index in [0.29, 0.717) is 6.54 Å². The minimum absolute atomic E-state index is 0.202. The highest BCUT2D eigenvalue weighted by atomic mass is 15.1. The van der Waals surface area contributed by atoms with Crippen LogP contribution in [0.4, 0.5) is 0 Å². The second-order valence-electron chi connectivity index (χ2n) is 4.10. The third-order valence-electron chi connectivity index (χ3n) is 2.96. The number of imidazole rings is 1. The quantitative estimate of drug-likeness (QED) is 0.696. The lowest BCUT2D eigenvalue weighted by molar-refractivity contribution is 0.484. The van der Waals surface area contributed by atoms with Gasteiger partial charge in [-0.05, 0) is 13.0 Å². The molecule has 0 saturated carbocycles. The predicted molar refractivity (Wildman–Crippen MR) is 55.9 cm³/mol. The van der Waals surface area contributed by atoms with E-state index in [1.54, 1.807) is 0 Å². The van der Waals surface area contributed by atoms with Crippen molar-refractivity contribution in [1.82, 2.24) is 14.9 Å². The zero-order valence-electron chi connectivity index (χ0n) is 8.45. The van der Waals surface area contributed by atoms with Gasteiger partial charge in [0, 0.05) is 23.9 Å². The van der Waals surface area contributed by atoms with Crippen molar-refractivity contribution in [3.05, 3.63) is 18.2 Å². The SMILES string of the molecule is C#CCn1cncc1C1(C)CCNC1. The lowest BCUT2D eigenvalue weighted by atomic mass is 9.86. The summed E-state index contributed by atoms with van der Waals surface area (Å²) in [7, 11) is 0. The Kier molecular flexibility index (Phi) is 2.30. The highest BCUT2D eigenvalue weighted by Crippen LogP contribution is 2.29. The molecule has 14 heavy (non-hydrogen) atoms. The fraction of sp³-hybridized carbons (Fsp3) is 0.545. The Bertz CT molecular complexity index is 353. The maximum Gasteiger partial charge on any atom is 0.0956 e. The van der Waals surface area contributed by atoms with Crippen molar-refractivity contribution < 1.29 is 0 Å². The van der Waals surface area contributed by atoms with Crippen LogP contribution in [0.25, 0.3) is 0 Å². The molecule has 74 valence electrons. The van der Waals surface area contributed by atoms with Crippen molar-refractivity contribution in [2.45, 2.75) is 25.3 Å². The minimum atomic E-state index is 0.202. The van der Waals surface area contributed by atoms with Gasteiger partial charge in [-0.2, -0.15) is 0 Å². The lowest BCUT2D eigenvalue weighted by Crippen LogP contribution is -2.27. The highest BCUT2D eigenvalue weighted by Gasteiger charge is 2.33. The van der Waals surface area contributed by atoms with Crippen LogP contribution in [0.3, 0.4) is 0 Å². The normalized spacial score (nSPS) is 26.3. The molecule has 1 N–H and O–H groups in total. The average Bonchev–Trinajstić information content (AvgIpc) is 2.75. The van der Waals surface area contributed by atoms with Crippen LogP contribution < -0.4 is 5.32 Å². The Labute approximate surface area is 84.5 Å². The Morgan fingerprint density at radius 3 is 3.29 bits per heavy atom. The maximum absolute atomic E-state index is 5.32. The number of terminal acetylenes is 1. The first-order valence-electron chi connectivity index (χ1n) is 4.91. The average molecular weight is 189 g/mol. The summed E-state index contributed by atoms with van der Waals surface area (Å²) in [5.74, 6) is 2.65. The molecule has 0 radical (unpaired) electrons. The molecule has 1 unspecified atom stereocenters. The molecule has 1 saturated heterocycles. The standard InChI is InChI=1S/C11H15N3/c1-3-6-14-9-13-7-10(14)11(2)4-5-12-8-11/h1,7,9,12H,4-6,8H2,2H3. The van der Waals surface area contributed by atoms with Gasteiger partial charge in [0.05, 0.1) is 12.9 Å². The summed E-state index contributed by atoms with van der Waals surface area (Å²) in [4.78, 5) is 4.17. The monoisotopic (exact) mass is 189 g/mol. The second-order valence-corrected chi connectivity index (χ2v) is 4.10. The lowest BCUT2D eigenvalue weighted by Gasteiger charge is -2.23. The van der Waals surface area contributed by atoms with Gasteiger partial charge in [0.1, 0.15) is 0 Å². The Morgan fingerprint density at radius 2 is 2.64 bits per heavy atom. The zero-order valence-corrected chi connectivity index (χ0v) is 8.45. The van der Waals surface area contributed by atoms with Gasteiger partial charge in [-0.3, -0.25) is 0 Å². The van der Waals surface area contributed by atoms with E-state index in [9.17, 15) is 0 Å². The first-order chi connectivity index (χ1) is 6.76. The largest absolute Gasteiger partial charge is 0.322 e. The molecule has 0 aromatic carbocycles. The second kappa shape index (κ2) is 3.47. The van der Waals surface area contributed by atoms with Gasteiger partial charge in [0.2, 0.25) is 0 Å². The molecule has 0 spiro atoms. The van der Waals surface area contributed by atoms with Crippen LogP contribution in [-0.4, -0.2) is 22.6 Å². The molecule has 1 aromatic heterocycles. The van der Waals surface area contributed by atoms with Gasteiger partial charge in [0.15, 0.2) is 0 Å². The molecule has 0 bridgehead atoms. The molecule has 0 aliphatic carbocycles. The van der Waals surface area contributed by atoms with Crippen molar-refractivity contribution in [3.63, 3.8) is 0 Å². The van der Waals surface area contributed by atoms with E-state index in [-0.39, 0.29) is 5.41 Å². The van der Waals surface area contributed by atoms with Gasteiger partial charge in [-0.1, -0.05) is 12.8 Å². The third kappa shape index (κ3) is 1.42. The Hall–Kier alpha value is -1.27. The van der Waals surface area contributed by atoms with Gasteiger partial charge < -0.3 is 9.88 Å². The molecule has 1 aromatic rings. The molecule has 1 fully saturated rings. The highest BCUT2D eigenvalue weighted by molar-refractivity contribution is 5.18. The van der Waals surface area contributed by atoms with Crippen LogP contribution in [0, 0.1) is 12.3 Å². The number of hydrogen-bond donors (Lipinski definition) is 1. The van der Waals surface area contributed by atoms with Gasteiger partial charge in [-0.15, -0.1) is 6.42 Å². The van der Waals surface area contributed by atoms with Crippen molar-refractivity contribution in [2.24, 2.45) is 0 Å². The summed E-state index contributed by atoms with van der Waals surface area (Å²) in [5.41, 5.74) is 1.45. The summed E-state index contributed by atoms with van der Waals surface area (Å²) >= 11 is 0. The number of hydrogen-bond acceptors (Lipinski definition) is 2. The predicted octanol–water partition coefficient (Wildman–Crippen LogP) is 0.767. The summed E-state index contributed by atoms with van der Waals surface area (Å²) in [6.07, 6.45) is 10.2. The fourth-order valence-corrected chi connectivity index (χ4v) is 2.08. The smallest absolute Gasteiger partial charge is 0.0956 e. The fourth-order valence-electron chi connectivity index (χ4n) is 2.08. The summed E-state index contributed by atoms with van der Waals surface area (Å²) in [5, 5.41) is 3.38. The Morgan fingerprint density at radius 1 is 1.79 bits per heavy atom. The summed E-state index contributed by atoms with van der Waals surface area (Å²) in [6.45, 7) is 4.98. The van der Waals surface area contributed by atoms with E-state index in [2.05, 4.69) is 27.7 Å². The van der Waals surface area contributed by atoms with Gasteiger partial charge in [0.25, 0.3) is 0 Å². The van der Waals surface area contributed by atoms with Crippen LogP contribution in [0.5, 0.6) is 0 Å². The van der Waals surface area contributed by atoms with E-state index in [0.717, 1.165) is 19.5 Å². The molecule has 2 rings (SSSR count). The minimum Gasteiger partial charge on any atom is -0.322 e. The van der Waals surface area contributed by atoms with E-state index in [1.165, 1.54) is 5.69 Å². The topological polar surface area (TPSA) is 29.9 Å². The van der Waals surface area contributed by atoms with Crippen molar-refractivity contribution >= 4 is 0 Å².